The van der Waals surface area contributed by atoms with Crippen molar-refractivity contribution in [3.63, 3.8) is 0 Å². The highest BCUT2D eigenvalue weighted by atomic mass is 19.1. The molecule has 2 N–H and O–H groups in total. The predicted molar refractivity (Wildman–Crippen MR) is 142 cm³/mol. The van der Waals surface area contributed by atoms with Gasteiger partial charge in [-0.3, -0.25) is 14.8 Å². The van der Waals surface area contributed by atoms with Crippen LogP contribution >= 0.6 is 0 Å². The molecule has 1 aliphatic heterocycles. The van der Waals surface area contributed by atoms with Crippen LogP contribution in [-0.2, 0) is 11.2 Å². The third kappa shape index (κ3) is 4.26. The van der Waals surface area contributed by atoms with Crippen molar-refractivity contribution >= 4 is 11.8 Å². The molecule has 3 heterocycles. The van der Waals surface area contributed by atoms with Gasteiger partial charge in [0.2, 0.25) is 0 Å². The number of aromatic nitrogens is 3. The molecule has 0 bridgehead atoms. The van der Waals surface area contributed by atoms with E-state index in [4.69, 9.17) is 9.84 Å². The van der Waals surface area contributed by atoms with Crippen molar-refractivity contribution in [2.45, 2.75) is 45.1 Å². The first-order valence-electron chi connectivity index (χ1n) is 12.7. The van der Waals surface area contributed by atoms with E-state index in [1.165, 1.54) is 0 Å². The van der Waals surface area contributed by atoms with Crippen LogP contribution in [0.5, 0.6) is 5.75 Å². The minimum Gasteiger partial charge on any atom is -0.492 e. The Bertz CT molecular complexity index is 1530. The van der Waals surface area contributed by atoms with Crippen LogP contribution in [0.15, 0.2) is 55.1 Å². The summed E-state index contributed by atoms with van der Waals surface area (Å²) < 4.78 is 21.0. The monoisotopic (exact) mass is 510 g/mol. The number of rotatable bonds is 6. The minimum absolute atomic E-state index is 0.00397. The van der Waals surface area contributed by atoms with Crippen molar-refractivity contribution in [1.29, 1.82) is 0 Å². The van der Waals surface area contributed by atoms with Crippen molar-refractivity contribution < 1.29 is 19.0 Å². The third-order valence-electron chi connectivity index (χ3n) is 7.51. The topological polar surface area (TPSA) is 97.2 Å². The van der Waals surface area contributed by atoms with Gasteiger partial charge in [-0.15, -0.1) is 0 Å². The summed E-state index contributed by atoms with van der Waals surface area (Å²) in [5.74, 6) is -0.0812. The fraction of sp³-hybridized carbons (Fsp3) is 0.267. The molecule has 2 atom stereocenters. The van der Waals surface area contributed by atoms with Gasteiger partial charge in [-0.05, 0) is 72.7 Å². The molecule has 2 aromatic heterocycles. The molecule has 1 unspecified atom stereocenters. The summed E-state index contributed by atoms with van der Waals surface area (Å²) in [5.41, 5.74) is 8.68. The van der Waals surface area contributed by atoms with Crippen molar-refractivity contribution in [2.75, 3.05) is 11.9 Å². The number of carboxylic acids is 1. The second-order valence-corrected chi connectivity index (χ2v) is 10.0. The van der Waals surface area contributed by atoms with E-state index in [1.54, 1.807) is 36.9 Å². The number of carboxylic acid groups (broad SMARTS) is 1. The number of nitrogens with zero attached hydrogens (tertiary/aromatic N) is 3. The van der Waals surface area contributed by atoms with Gasteiger partial charge in [-0.25, -0.2) is 9.37 Å². The first-order valence-corrected chi connectivity index (χ1v) is 12.7. The number of fused-ring (bicyclic) bond motifs is 2. The lowest BCUT2D eigenvalue weighted by atomic mass is 9.88. The summed E-state index contributed by atoms with van der Waals surface area (Å²) >= 11 is 0. The SMILES string of the molecule is Cc1cc(-c2cnccn2)cc(C)c1-c1ccc(F)c2c1CC[C@H]2Nc1cc2c(cn1)C(CC(=O)O)CO2. The maximum absolute atomic E-state index is 15.3. The zero-order chi connectivity index (χ0) is 26.4. The summed E-state index contributed by atoms with van der Waals surface area (Å²) in [4.78, 5) is 24.3. The Labute approximate surface area is 219 Å². The lowest BCUT2D eigenvalue weighted by Gasteiger charge is -2.19. The number of hydrogen-bond acceptors (Lipinski definition) is 6. The molecule has 6 rings (SSSR count). The average Bonchev–Trinajstić information content (AvgIpc) is 3.50. The smallest absolute Gasteiger partial charge is 0.304 e. The van der Waals surface area contributed by atoms with Gasteiger partial charge in [0.05, 0.1) is 31.0 Å². The second-order valence-electron chi connectivity index (χ2n) is 10.0. The van der Waals surface area contributed by atoms with Crippen LogP contribution in [0.3, 0.4) is 0 Å². The van der Waals surface area contributed by atoms with E-state index in [9.17, 15) is 4.79 Å². The molecule has 38 heavy (non-hydrogen) atoms. The first-order chi connectivity index (χ1) is 18.4. The first kappa shape index (κ1) is 24.0. The number of aliphatic carboxylic acids is 1. The fourth-order valence-corrected chi connectivity index (χ4v) is 5.87. The number of carbonyl (C=O) groups is 1. The number of anilines is 1. The quantitative estimate of drug-likeness (QED) is 0.328. The van der Waals surface area contributed by atoms with Crippen molar-refractivity contribution in [2.24, 2.45) is 0 Å². The highest BCUT2D eigenvalue weighted by Gasteiger charge is 2.31. The molecule has 4 aromatic rings. The van der Waals surface area contributed by atoms with E-state index in [2.05, 4.69) is 46.2 Å². The predicted octanol–water partition coefficient (Wildman–Crippen LogP) is 6.01. The Morgan fingerprint density at radius 1 is 1.13 bits per heavy atom. The van der Waals surface area contributed by atoms with Crippen molar-refractivity contribution in [1.82, 2.24) is 15.0 Å². The van der Waals surface area contributed by atoms with E-state index in [0.29, 0.717) is 23.7 Å². The van der Waals surface area contributed by atoms with Gasteiger partial charge in [-0.2, -0.15) is 0 Å². The van der Waals surface area contributed by atoms with Crippen LogP contribution in [0.2, 0.25) is 0 Å². The maximum Gasteiger partial charge on any atom is 0.304 e. The lowest BCUT2D eigenvalue weighted by molar-refractivity contribution is -0.137. The van der Waals surface area contributed by atoms with Crippen LogP contribution in [0, 0.1) is 19.7 Å². The molecule has 2 aliphatic rings. The number of aryl methyl sites for hydroxylation is 2. The molecule has 0 fully saturated rings. The van der Waals surface area contributed by atoms with Gasteiger partial charge in [0.25, 0.3) is 0 Å². The number of halogens is 1. The summed E-state index contributed by atoms with van der Waals surface area (Å²) in [6.07, 6.45) is 8.25. The molecule has 0 saturated heterocycles. The number of nitrogens with one attached hydrogen (secondary N) is 1. The standard InChI is InChI=1S/C30H27FN4O3/c1-16-9-18(25-14-32-7-8-33-25)10-17(2)29(16)20-3-5-23(31)30-21(20)4-6-24(30)35-27-12-26-22(13-34-27)19(15-38-26)11-28(36)37/h3,5,7-10,12-14,19,24H,4,6,11,15H2,1-2H3,(H,34,35)(H,36,37)/t19?,24-/m1/s1. The molecule has 0 amide bonds. The second kappa shape index (κ2) is 9.52. The van der Waals surface area contributed by atoms with E-state index in [0.717, 1.165) is 57.5 Å². The van der Waals surface area contributed by atoms with Gasteiger partial charge in [0, 0.05) is 47.3 Å². The molecule has 0 saturated carbocycles. The summed E-state index contributed by atoms with van der Waals surface area (Å²) in [7, 11) is 0. The third-order valence-corrected chi connectivity index (χ3v) is 7.51. The Hall–Kier alpha value is -4.33. The van der Waals surface area contributed by atoms with Gasteiger partial charge in [0.15, 0.2) is 0 Å². The van der Waals surface area contributed by atoms with E-state index in [-0.39, 0.29) is 24.2 Å². The minimum atomic E-state index is -0.864. The van der Waals surface area contributed by atoms with Gasteiger partial charge in [-0.1, -0.05) is 6.07 Å². The van der Waals surface area contributed by atoms with Gasteiger partial charge < -0.3 is 15.2 Å². The van der Waals surface area contributed by atoms with Crippen molar-refractivity contribution in [3.05, 3.63) is 88.8 Å². The largest absolute Gasteiger partial charge is 0.492 e. The normalized spacial score (nSPS) is 17.6. The van der Waals surface area contributed by atoms with E-state index in [1.807, 2.05) is 6.07 Å². The summed E-state index contributed by atoms with van der Waals surface area (Å²) in [6, 6.07) is 9.22. The summed E-state index contributed by atoms with van der Waals surface area (Å²) in [5, 5.41) is 12.5. The van der Waals surface area contributed by atoms with E-state index < -0.39 is 5.97 Å². The summed E-state index contributed by atoms with van der Waals surface area (Å²) in [6.45, 7) is 4.48. The molecule has 1 aliphatic carbocycles. The van der Waals surface area contributed by atoms with Crippen LogP contribution in [-0.4, -0.2) is 32.6 Å². The Balaban J connectivity index is 1.31. The highest BCUT2D eigenvalue weighted by molar-refractivity contribution is 5.79. The lowest BCUT2D eigenvalue weighted by Crippen LogP contribution is -2.10. The molecular weight excluding hydrogens is 483 g/mol. The van der Waals surface area contributed by atoms with Crippen LogP contribution in [0.25, 0.3) is 22.4 Å². The molecule has 2 aromatic carbocycles. The molecule has 8 heteroatoms. The molecule has 192 valence electrons. The molecule has 0 radical (unpaired) electrons. The zero-order valence-electron chi connectivity index (χ0n) is 21.2. The molecule has 0 spiro atoms. The molecule has 7 nitrogen and oxygen atoms in total. The number of pyridine rings is 1. The highest BCUT2D eigenvalue weighted by Crippen LogP contribution is 2.44. The molecular formula is C30H27FN4O3. The zero-order valence-corrected chi connectivity index (χ0v) is 21.2. The Morgan fingerprint density at radius 3 is 2.68 bits per heavy atom. The Morgan fingerprint density at radius 2 is 1.95 bits per heavy atom. The van der Waals surface area contributed by atoms with Crippen LogP contribution in [0.1, 0.15) is 52.6 Å². The number of benzene rings is 2. The maximum atomic E-state index is 15.3. The average molecular weight is 511 g/mol. The van der Waals surface area contributed by atoms with Gasteiger partial charge in [0.1, 0.15) is 17.4 Å². The van der Waals surface area contributed by atoms with Gasteiger partial charge >= 0.3 is 5.97 Å². The number of ether oxygens (including phenoxy) is 1. The van der Waals surface area contributed by atoms with Crippen molar-refractivity contribution in [3.8, 4) is 28.1 Å². The van der Waals surface area contributed by atoms with Crippen LogP contribution in [0.4, 0.5) is 10.2 Å². The van der Waals surface area contributed by atoms with Crippen LogP contribution < -0.4 is 10.1 Å². The fourth-order valence-electron chi connectivity index (χ4n) is 5.87. The Kier molecular flexibility index (Phi) is 6.02. The van der Waals surface area contributed by atoms with E-state index >= 15 is 4.39 Å². The number of hydrogen-bond donors (Lipinski definition) is 2.